The van der Waals surface area contributed by atoms with Crippen LogP contribution in [-0.2, 0) is 9.84 Å². The molecule has 1 aromatic rings. The number of unbranched alkanes of at least 4 members (excludes halogenated alkanes) is 6. The van der Waals surface area contributed by atoms with Crippen LogP contribution in [0.25, 0.3) is 0 Å². The van der Waals surface area contributed by atoms with Crippen LogP contribution in [0.4, 0.5) is 0 Å². The van der Waals surface area contributed by atoms with Crippen molar-refractivity contribution in [1.29, 1.82) is 0 Å². The van der Waals surface area contributed by atoms with Crippen LogP contribution in [0.3, 0.4) is 0 Å². The summed E-state index contributed by atoms with van der Waals surface area (Å²) in [5, 5.41) is 1.09. The van der Waals surface area contributed by atoms with Crippen molar-refractivity contribution in [3.05, 3.63) is 29.8 Å². The summed E-state index contributed by atoms with van der Waals surface area (Å²) in [5.74, 6) is 0.276. The lowest BCUT2D eigenvalue weighted by Gasteiger charge is -2.05. The average Bonchev–Trinajstić information content (AvgIpc) is 2.42. The first kappa shape index (κ1) is 17.7. The summed E-state index contributed by atoms with van der Waals surface area (Å²) < 4.78 is 24.3. The molecule has 20 heavy (non-hydrogen) atoms. The van der Waals surface area contributed by atoms with Crippen LogP contribution in [0.15, 0.2) is 29.2 Å². The number of hydrogen-bond acceptors (Lipinski definition) is 2. The van der Waals surface area contributed by atoms with E-state index in [0.717, 1.165) is 30.2 Å². The highest BCUT2D eigenvalue weighted by Gasteiger charge is 2.13. The zero-order valence-electron chi connectivity index (χ0n) is 12.3. The van der Waals surface area contributed by atoms with E-state index in [9.17, 15) is 8.42 Å². The van der Waals surface area contributed by atoms with E-state index < -0.39 is 9.84 Å². The van der Waals surface area contributed by atoms with Gasteiger partial charge < -0.3 is 0 Å². The largest absolute Gasteiger partial charge is 0.224 e. The summed E-state index contributed by atoms with van der Waals surface area (Å²) in [6.45, 7) is 1.92. The van der Waals surface area contributed by atoms with Crippen LogP contribution in [0.2, 0.25) is 0 Å². The lowest BCUT2D eigenvalue weighted by Crippen LogP contribution is -2.07. The predicted octanol–water partition coefficient (Wildman–Crippen LogP) is 4.89. The minimum atomic E-state index is -3.09. The first-order chi connectivity index (χ1) is 9.56. The number of alkyl halides is 1. The second-order valence-corrected chi connectivity index (χ2v) is 8.20. The van der Waals surface area contributed by atoms with Crippen molar-refractivity contribution in [1.82, 2.24) is 0 Å². The van der Waals surface area contributed by atoms with Crippen LogP contribution in [0, 0.1) is 6.92 Å². The number of benzene rings is 1. The first-order valence-corrected chi connectivity index (χ1v) is 10.2. The van der Waals surface area contributed by atoms with Gasteiger partial charge in [-0.1, -0.05) is 60.2 Å². The van der Waals surface area contributed by atoms with Crippen LogP contribution in [0.5, 0.6) is 0 Å². The molecular weight excluding hydrogens is 336 g/mol. The molecule has 0 radical (unpaired) electrons. The van der Waals surface area contributed by atoms with Crippen LogP contribution in [-0.4, -0.2) is 19.5 Å². The zero-order valence-corrected chi connectivity index (χ0v) is 14.7. The highest BCUT2D eigenvalue weighted by Crippen LogP contribution is 2.15. The maximum Gasteiger partial charge on any atom is 0.178 e. The highest BCUT2D eigenvalue weighted by molar-refractivity contribution is 9.09. The fraction of sp³-hybridized carbons (Fsp3) is 0.625. The second kappa shape index (κ2) is 9.56. The molecule has 0 saturated carbocycles. The van der Waals surface area contributed by atoms with E-state index in [-0.39, 0.29) is 5.75 Å². The Kier molecular flexibility index (Phi) is 8.46. The minimum Gasteiger partial charge on any atom is -0.224 e. The molecule has 0 bridgehead atoms. The molecule has 2 nitrogen and oxygen atoms in total. The SMILES string of the molecule is Cc1cccc(S(=O)(=O)CCCCCCCCCBr)c1. The summed E-state index contributed by atoms with van der Waals surface area (Å²) in [6, 6.07) is 7.19. The van der Waals surface area contributed by atoms with E-state index in [1.807, 2.05) is 19.1 Å². The molecular formula is C16H25BrO2S. The van der Waals surface area contributed by atoms with Gasteiger partial charge in [0.1, 0.15) is 0 Å². The Morgan fingerprint density at radius 2 is 1.55 bits per heavy atom. The molecule has 0 aromatic heterocycles. The van der Waals surface area contributed by atoms with E-state index >= 15 is 0 Å². The van der Waals surface area contributed by atoms with E-state index in [1.54, 1.807) is 12.1 Å². The topological polar surface area (TPSA) is 34.1 Å². The van der Waals surface area contributed by atoms with Gasteiger partial charge >= 0.3 is 0 Å². The number of aryl methyl sites for hydroxylation is 1. The molecule has 0 aliphatic heterocycles. The zero-order chi connectivity index (χ0) is 14.8. The smallest absolute Gasteiger partial charge is 0.178 e. The summed E-state index contributed by atoms with van der Waals surface area (Å²) in [6.07, 6.45) is 7.92. The standard InChI is InChI=1S/C16H25BrO2S/c1-15-10-9-11-16(14-15)20(18,19)13-8-6-4-2-3-5-7-12-17/h9-11,14H,2-8,12-13H2,1H3. The average molecular weight is 361 g/mol. The number of hydrogen-bond donors (Lipinski definition) is 0. The van der Waals surface area contributed by atoms with E-state index in [4.69, 9.17) is 0 Å². The fourth-order valence-corrected chi connectivity index (χ4v) is 4.06. The first-order valence-electron chi connectivity index (χ1n) is 7.41. The van der Waals surface area contributed by atoms with Crippen molar-refractivity contribution in [2.75, 3.05) is 11.1 Å². The molecule has 0 amide bonds. The summed E-state index contributed by atoms with van der Waals surface area (Å²) in [4.78, 5) is 0.467. The summed E-state index contributed by atoms with van der Waals surface area (Å²) >= 11 is 3.43. The van der Waals surface area contributed by atoms with Crippen LogP contribution < -0.4 is 0 Å². The summed E-state index contributed by atoms with van der Waals surface area (Å²) in [7, 11) is -3.09. The van der Waals surface area contributed by atoms with Gasteiger partial charge in [0.25, 0.3) is 0 Å². The Morgan fingerprint density at radius 3 is 2.15 bits per heavy atom. The second-order valence-electron chi connectivity index (χ2n) is 5.30. The van der Waals surface area contributed by atoms with E-state index in [2.05, 4.69) is 15.9 Å². The van der Waals surface area contributed by atoms with Crippen molar-refractivity contribution in [2.45, 2.75) is 56.8 Å². The van der Waals surface area contributed by atoms with Crippen LogP contribution >= 0.6 is 15.9 Å². The molecule has 0 fully saturated rings. The van der Waals surface area contributed by atoms with E-state index in [1.165, 1.54) is 25.7 Å². The molecule has 4 heteroatoms. The van der Waals surface area contributed by atoms with Gasteiger partial charge in [-0.2, -0.15) is 0 Å². The molecule has 0 saturated heterocycles. The van der Waals surface area contributed by atoms with Crippen molar-refractivity contribution >= 4 is 25.8 Å². The third-order valence-electron chi connectivity index (χ3n) is 3.40. The monoisotopic (exact) mass is 360 g/mol. The molecule has 1 rings (SSSR count). The predicted molar refractivity (Wildman–Crippen MR) is 89.3 cm³/mol. The number of sulfone groups is 1. The quantitative estimate of drug-likeness (QED) is 0.439. The molecule has 114 valence electrons. The Bertz CT molecular complexity index is 483. The maximum atomic E-state index is 12.2. The van der Waals surface area contributed by atoms with Gasteiger partial charge in [-0.3, -0.25) is 0 Å². The lowest BCUT2D eigenvalue weighted by molar-refractivity contribution is 0.579. The van der Waals surface area contributed by atoms with Gasteiger partial charge in [0.2, 0.25) is 0 Å². The Balaban J connectivity index is 2.24. The van der Waals surface area contributed by atoms with Gasteiger partial charge in [0, 0.05) is 5.33 Å². The molecule has 1 aromatic carbocycles. The molecule has 0 aliphatic rings. The molecule has 0 unspecified atom stereocenters. The van der Waals surface area contributed by atoms with Crippen molar-refractivity contribution in [3.8, 4) is 0 Å². The fourth-order valence-electron chi connectivity index (χ4n) is 2.20. The van der Waals surface area contributed by atoms with Gasteiger partial charge in [-0.05, 0) is 37.5 Å². The Morgan fingerprint density at radius 1 is 0.950 bits per heavy atom. The molecule has 0 spiro atoms. The highest BCUT2D eigenvalue weighted by atomic mass is 79.9. The van der Waals surface area contributed by atoms with Crippen LogP contribution in [0.1, 0.15) is 50.5 Å². The molecule has 0 atom stereocenters. The Hall–Kier alpha value is -0.350. The van der Waals surface area contributed by atoms with Gasteiger partial charge in [-0.25, -0.2) is 8.42 Å². The van der Waals surface area contributed by atoms with Gasteiger partial charge in [0.15, 0.2) is 9.84 Å². The van der Waals surface area contributed by atoms with Crippen molar-refractivity contribution in [2.24, 2.45) is 0 Å². The summed E-state index contributed by atoms with van der Waals surface area (Å²) in [5.41, 5.74) is 0.998. The van der Waals surface area contributed by atoms with E-state index in [0.29, 0.717) is 4.90 Å². The number of halogens is 1. The molecule has 0 aliphatic carbocycles. The van der Waals surface area contributed by atoms with Crippen molar-refractivity contribution in [3.63, 3.8) is 0 Å². The molecule has 0 N–H and O–H groups in total. The lowest BCUT2D eigenvalue weighted by atomic mass is 10.1. The third-order valence-corrected chi connectivity index (χ3v) is 5.75. The number of rotatable bonds is 10. The third kappa shape index (κ3) is 6.89. The van der Waals surface area contributed by atoms with Crippen molar-refractivity contribution < 1.29 is 8.42 Å². The Labute approximate surface area is 132 Å². The van der Waals surface area contributed by atoms with Gasteiger partial charge in [-0.15, -0.1) is 0 Å². The van der Waals surface area contributed by atoms with Gasteiger partial charge in [0.05, 0.1) is 10.6 Å². The molecule has 0 heterocycles. The normalized spacial score (nSPS) is 11.7. The maximum absolute atomic E-state index is 12.2. The minimum absolute atomic E-state index is 0.276.